The van der Waals surface area contributed by atoms with Crippen LogP contribution in [-0.4, -0.2) is 15.9 Å². The molecule has 0 unspecified atom stereocenters. The van der Waals surface area contributed by atoms with Gasteiger partial charge in [-0.25, -0.2) is 9.78 Å². The minimum absolute atomic E-state index is 0.249. The van der Waals surface area contributed by atoms with Crippen LogP contribution in [-0.2, 0) is 6.54 Å². The van der Waals surface area contributed by atoms with Gasteiger partial charge in [-0.1, -0.05) is 35.9 Å². The normalized spacial score (nSPS) is 11.9. The van der Waals surface area contributed by atoms with E-state index >= 15 is 0 Å². The lowest BCUT2D eigenvalue weighted by molar-refractivity contribution is 0.215. The lowest BCUT2D eigenvalue weighted by Crippen LogP contribution is -2.40. The van der Waals surface area contributed by atoms with Crippen LogP contribution in [0, 0.1) is 11.3 Å². The fourth-order valence-electron chi connectivity index (χ4n) is 2.91. The molecule has 3 aromatic rings. The predicted octanol–water partition coefficient (Wildman–Crippen LogP) is 4.92. The Morgan fingerprint density at radius 1 is 1.20 bits per heavy atom. The molecule has 1 aliphatic heterocycles. The van der Waals surface area contributed by atoms with Gasteiger partial charge in [-0.2, -0.15) is 5.26 Å². The molecule has 7 nitrogen and oxygen atoms in total. The highest BCUT2D eigenvalue weighted by Gasteiger charge is 2.16. The Kier molecular flexibility index (Phi) is 5.50. The zero-order valence-corrected chi connectivity index (χ0v) is 16.4. The number of nitrogens with one attached hydrogen (secondary N) is 2. The molecule has 0 bridgehead atoms. The number of nitrogens with zero attached hydrogens (tertiary/aromatic N) is 3. The number of urea groups is 1. The molecule has 30 heavy (non-hydrogen) atoms. The van der Waals surface area contributed by atoms with E-state index in [1.165, 1.54) is 12.3 Å². The van der Waals surface area contributed by atoms with E-state index in [1.807, 2.05) is 36.4 Å². The molecule has 0 spiro atoms. The van der Waals surface area contributed by atoms with Crippen LogP contribution in [0.5, 0.6) is 11.5 Å². The number of ether oxygens (including phenoxy) is 1. The van der Waals surface area contributed by atoms with Crippen LogP contribution in [0.1, 0.15) is 16.8 Å². The van der Waals surface area contributed by atoms with Crippen LogP contribution in [0.4, 0.5) is 10.5 Å². The average Bonchev–Trinajstić information content (AvgIpc) is 2.79. The summed E-state index contributed by atoms with van der Waals surface area (Å²) < 4.78 is 5.71. The van der Waals surface area contributed by atoms with Crippen LogP contribution in [0.25, 0.3) is 6.08 Å². The molecule has 1 aromatic heterocycles. The summed E-state index contributed by atoms with van der Waals surface area (Å²) in [7, 11) is 0. The summed E-state index contributed by atoms with van der Waals surface area (Å²) in [5.74, 6) is 0.869. The Hall–Kier alpha value is -4.02. The lowest BCUT2D eigenvalue weighted by atomic mass is 10.0. The molecule has 0 atom stereocenters. The number of hydrogen-bond donors (Lipinski definition) is 2. The maximum Gasteiger partial charge on any atom is 0.340 e. The molecule has 4 rings (SSSR count). The quantitative estimate of drug-likeness (QED) is 0.588. The third-order valence-electron chi connectivity index (χ3n) is 4.41. The molecule has 2 aromatic carbocycles. The van der Waals surface area contributed by atoms with Crippen molar-refractivity contribution in [2.75, 3.05) is 5.43 Å². The predicted molar refractivity (Wildman–Crippen MR) is 114 cm³/mol. The van der Waals surface area contributed by atoms with Crippen LogP contribution in [0.2, 0.25) is 5.02 Å². The molecule has 1 aliphatic rings. The fourth-order valence-corrected chi connectivity index (χ4v) is 3.13. The molecule has 0 fully saturated rings. The maximum atomic E-state index is 12.4. The van der Waals surface area contributed by atoms with Crippen molar-refractivity contribution in [2.24, 2.45) is 0 Å². The first kappa shape index (κ1) is 19.3. The number of rotatable bonds is 4. The SMILES string of the molecule is N#Cc1cc(Oc2ccc(NNC(=O)N3C=Cc4ccccc4C3)cc2Cl)ccn1. The number of carbonyl (C=O) groups is 1. The number of hydrogen-bond acceptors (Lipinski definition) is 5. The van der Waals surface area contributed by atoms with E-state index in [9.17, 15) is 4.79 Å². The fraction of sp³-hybridized carbons (Fsp3) is 0.0455. The van der Waals surface area contributed by atoms with Gasteiger partial charge in [0.1, 0.15) is 23.3 Å². The number of nitriles is 1. The van der Waals surface area contributed by atoms with Crippen LogP contribution in [0.15, 0.2) is 67.0 Å². The first-order valence-electron chi connectivity index (χ1n) is 9.05. The standard InChI is InChI=1S/C22H16ClN5O2/c23-20-12-17(5-6-21(20)30-19-7-9-25-18(11-19)13-24)26-27-22(29)28-10-8-15-3-1-2-4-16(15)14-28/h1-12,26H,14H2,(H,27,29). The van der Waals surface area contributed by atoms with Crippen LogP contribution in [0.3, 0.4) is 0 Å². The number of aromatic nitrogens is 1. The Morgan fingerprint density at radius 3 is 2.90 bits per heavy atom. The molecule has 8 heteroatoms. The van der Waals surface area contributed by atoms with E-state index in [0.717, 1.165) is 11.1 Å². The number of hydrazine groups is 1. The number of halogens is 1. The van der Waals surface area contributed by atoms with Crippen LogP contribution >= 0.6 is 11.6 Å². The van der Waals surface area contributed by atoms with Gasteiger partial charge in [0.15, 0.2) is 0 Å². The van der Waals surface area contributed by atoms with Gasteiger partial charge >= 0.3 is 6.03 Å². The van der Waals surface area contributed by atoms with Crippen molar-refractivity contribution in [3.8, 4) is 17.6 Å². The monoisotopic (exact) mass is 417 g/mol. The van der Waals surface area contributed by atoms with Gasteiger partial charge in [0.25, 0.3) is 0 Å². The Balaban J connectivity index is 1.37. The molecule has 0 radical (unpaired) electrons. The first-order valence-corrected chi connectivity index (χ1v) is 9.42. The molecular weight excluding hydrogens is 402 g/mol. The van der Waals surface area contributed by atoms with E-state index < -0.39 is 0 Å². The molecule has 0 saturated heterocycles. The molecule has 0 saturated carbocycles. The summed E-state index contributed by atoms with van der Waals surface area (Å²) in [6.07, 6.45) is 5.13. The molecule has 2 heterocycles. The van der Waals surface area contributed by atoms with Crippen molar-refractivity contribution in [1.82, 2.24) is 15.3 Å². The smallest absolute Gasteiger partial charge is 0.340 e. The highest BCUT2D eigenvalue weighted by atomic mass is 35.5. The third-order valence-corrected chi connectivity index (χ3v) is 4.71. The zero-order valence-electron chi connectivity index (χ0n) is 15.7. The summed E-state index contributed by atoms with van der Waals surface area (Å²) in [4.78, 5) is 17.9. The average molecular weight is 418 g/mol. The maximum absolute atomic E-state index is 12.4. The van der Waals surface area contributed by atoms with E-state index in [4.69, 9.17) is 21.6 Å². The van der Waals surface area contributed by atoms with Gasteiger partial charge in [0, 0.05) is 18.5 Å². The molecular formula is C22H16ClN5O2. The zero-order chi connectivity index (χ0) is 20.9. The van der Waals surface area contributed by atoms with Crippen molar-refractivity contribution in [2.45, 2.75) is 6.54 Å². The van der Waals surface area contributed by atoms with Gasteiger partial charge < -0.3 is 4.74 Å². The number of carbonyl (C=O) groups excluding carboxylic acids is 1. The van der Waals surface area contributed by atoms with E-state index in [0.29, 0.717) is 28.8 Å². The summed E-state index contributed by atoms with van der Waals surface area (Å²) in [6, 6.07) is 17.7. The molecule has 2 amide bonds. The topological polar surface area (TPSA) is 90.3 Å². The number of pyridine rings is 1. The molecule has 148 valence electrons. The second-order valence-corrected chi connectivity index (χ2v) is 6.84. The minimum Gasteiger partial charge on any atom is -0.456 e. The highest BCUT2D eigenvalue weighted by molar-refractivity contribution is 6.32. The van der Waals surface area contributed by atoms with Crippen molar-refractivity contribution < 1.29 is 9.53 Å². The summed E-state index contributed by atoms with van der Waals surface area (Å²) in [5.41, 5.74) is 8.53. The van der Waals surface area contributed by atoms with Gasteiger partial charge in [0.05, 0.1) is 17.3 Å². The number of benzene rings is 2. The third kappa shape index (κ3) is 4.35. The number of anilines is 1. The largest absolute Gasteiger partial charge is 0.456 e. The Bertz CT molecular complexity index is 1170. The molecule has 0 aliphatic carbocycles. The summed E-state index contributed by atoms with van der Waals surface area (Å²) >= 11 is 6.29. The van der Waals surface area contributed by atoms with Crippen molar-refractivity contribution >= 4 is 29.4 Å². The Labute approximate surface area is 178 Å². The van der Waals surface area contributed by atoms with Gasteiger partial charge in [0.2, 0.25) is 0 Å². The lowest BCUT2D eigenvalue weighted by Gasteiger charge is -2.24. The minimum atomic E-state index is -0.293. The number of amides is 2. The van der Waals surface area contributed by atoms with Crippen molar-refractivity contribution in [3.63, 3.8) is 0 Å². The van der Waals surface area contributed by atoms with Crippen molar-refractivity contribution in [3.05, 3.63) is 88.8 Å². The second-order valence-electron chi connectivity index (χ2n) is 6.43. The van der Waals surface area contributed by atoms with E-state index in [2.05, 4.69) is 15.8 Å². The van der Waals surface area contributed by atoms with Gasteiger partial charge in [-0.05, 0) is 41.5 Å². The first-order chi connectivity index (χ1) is 14.6. The van der Waals surface area contributed by atoms with Gasteiger partial charge in [-0.15, -0.1) is 0 Å². The highest BCUT2D eigenvalue weighted by Crippen LogP contribution is 2.31. The Morgan fingerprint density at radius 2 is 2.07 bits per heavy atom. The molecule has 2 N–H and O–H groups in total. The second kappa shape index (κ2) is 8.55. The van der Waals surface area contributed by atoms with E-state index in [-0.39, 0.29) is 11.7 Å². The van der Waals surface area contributed by atoms with Crippen molar-refractivity contribution in [1.29, 1.82) is 5.26 Å². The number of fused-ring (bicyclic) bond motifs is 1. The van der Waals surface area contributed by atoms with E-state index in [1.54, 1.807) is 35.4 Å². The van der Waals surface area contributed by atoms with Crippen LogP contribution < -0.4 is 15.6 Å². The van der Waals surface area contributed by atoms with Gasteiger partial charge in [-0.3, -0.25) is 15.8 Å². The summed E-state index contributed by atoms with van der Waals surface area (Å²) in [5, 5.41) is 9.26. The summed E-state index contributed by atoms with van der Waals surface area (Å²) in [6.45, 7) is 0.490.